The van der Waals surface area contributed by atoms with Gasteiger partial charge in [-0.2, -0.15) is 0 Å². The van der Waals surface area contributed by atoms with Crippen molar-refractivity contribution in [1.29, 1.82) is 0 Å². The Bertz CT molecular complexity index is 274. The molecule has 0 aliphatic heterocycles. The fourth-order valence-electron chi connectivity index (χ4n) is 2.70. The number of hydrogen-bond donors (Lipinski definition) is 0. The fraction of sp³-hybridized carbons (Fsp3) is 0.889. The van der Waals surface area contributed by atoms with Gasteiger partial charge >= 0.3 is 6.92 Å². The lowest BCUT2D eigenvalue weighted by atomic mass is 9.63. The van der Waals surface area contributed by atoms with Crippen LogP contribution in [0.3, 0.4) is 0 Å². The van der Waals surface area contributed by atoms with Crippen LogP contribution in [0.2, 0.25) is 12.6 Å². The molecular weight excluding hydrogens is 275 g/mol. The van der Waals surface area contributed by atoms with Crippen LogP contribution in [0.4, 0.5) is 0 Å². The van der Waals surface area contributed by atoms with Crippen LogP contribution < -0.4 is 0 Å². The van der Waals surface area contributed by atoms with E-state index in [1.807, 2.05) is 13.8 Å². The van der Waals surface area contributed by atoms with Crippen LogP contribution >= 0.6 is 0 Å². The molecule has 0 N–H and O–H groups in total. The normalized spacial score (nSPS) is 17.3. The quantitative estimate of drug-likeness (QED) is 0.652. The van der Waals surface area contributed by atoms with Gasteiger partial charge in [0.2, 0.25) is 0 Å². The standard InChI is InChI=1S/C12H22O.C6H13BO2/c13-12-10-8-6-4-2-1-3-5-7-9-11-12;1-4-7(5-2)9-6(3)8/h1-11H2;4-5H2,1-3H3. The molecule has 3 nitrogen and oxygen atoms in total. The highest BCUT2D eigenvalue weighted by atomic mass is 16.5. The SMILES string of the molecule is CCB(CC)OC(C)=O.O=C1CCCCCCCCCCC1. The molecule has 0 radical (unpaired) electrons. The Kier molecular flexibility index (Phi) is 14.6. The zero-order valence-corrected chi connectivity index (χ0v) is 15.0. The molecule has 0 spiro atoms. The molecule has 0 heterocycles. The van der Waals surface area contributed by atoms with E-state index in [2.05, 4.69) is 0 Å². The number of rotatable bonds is 3. The highest BCUT2D eigenvalue weighted by Gasteiger charge is 2.12. The number of carbonyl (C=O) groups is 2. The molecular formula is C18H35BO3. The van der Waals surface area contributed by atoms with Crippen LogP contribution in [0.25, 0.3) is 0 Å². The van der Waals surface area contributed by atoms with Crippen LogP contribution in [0, 0.1) is 0 Å². The Hall–Kier alpha value is -0.795. The third kappa shape index (κ3) is 14.2. The van der Waals surface area contributed by atoms with Gasteiger partial charge in [0.05, 0.1) is 0 Å². The first kappa shape index (κ1) is 21.2. The van der Waals surface area contributed by atoms with Crippen molar-refractivity contribution < 1.29 is 14.2 Å². The van der Waals surface area contributed by atoms with Gasteiger partial charge in [0.15, 0.2) is 0 Å². The summed E-state index contributed by atoms with van der Waals surface area (Å²) in [6, 6.07) is 0. The molecule has 1 aliphatic rings. The van der Waals surface area contributed by atoms with Crippen molar-refractivity contribution in [2.75, 3.05) is 0 Å². The van der Waals surface area contributed by atoms with E-state index in [0.717, 1.165) is 38.3 Å². The predicted molar refractivity (Wildman–Crippen MR) is 94.3 cm³/mol. The van der Waals surface area contributed by atoms with Crippen LogP contribution in [0.15, 0.2) is 0 Å². The number of carbonyl (C=O) groups excluding carboxylic acids is 2. The van der Waals surface area contributed by atoms with Crippen LogP contribution in [0.1, 0.15) is 91.4 Å². The summed E-state index contributed by atoms with van der Waals surface area (Å²) in [7, 11) is 0. The van der Waals surface area contributed by atoms with Gasteiger partial charge in [-0.1, -0.05) is 58.8 Å². The van der Waals surface area contributed by atoms with Gasteiger partial charge in [-0.3, -0.25) is 9.59 Å². The topological polar surface area (TPSA) is 43.4 Å². The Morgan fingerprint density at radius 1 is 0.864 bits per heavy atom. The third-order valence-corrected chi connectivity index (χ3v) is 4.15. The summed E-state index contributed by atoms with van der Waals surface area (Å²) in [5.41, 5.74) is 0. The van der Waals surface area contributed by atoms with E-state index in [-0.39, 0.29) is 12.9 Å². The largest absolute Gasteiger partial charge is 0.537 e. The van der Waals surface area contributed by atoms with Gasteiger partial charge < -0.3 is 4.65 Å². The van der Waals surface area contributed by atoms with E-state index >= 15 is 0 Å². The van der Waals surface area contributed by atoms with Gasteiger partial charge in [0, 0.05) is 19.8 Å². The molecule has 0 aromatic rings. The zero-order valence-electron chi connectivity index (χ0n) is 15.0. The lowest BCUT2D eigenvalue weighted by Crippen LogP contribution is -2.18. The molecule has 0 aromatic carbocycles. The molecule has 4 heteroatoms. The number of hydrogen-bond acceptors (Lipinski definition) is 3. The summed E-state index contributed by atoms with van der Waals surface area (Å²) < 4.78 is 4.91. The molecule has 128 valence electrons. The van der Waals surface area contributed by atoms with Crippen LogP contribution in [-0.2, 0) is 14.2 Å². The van der Waals surface area contributed by atoms with Crippen molar-refractivity contribution in [2.24, 2.45) is 0 Å². The maximum absolute atomic E-state index is 11.3. The predicted octanol–water partition coefficient (Wildman–Crippen LogP) is 5.44. The van der Waals surface area contributed by atoms with Gasteiger partial charge in [0.25, 0.3) is 5.97 Å². The summed E-state index contributed by atoms with van der Waals surface area (Å²) in [5, 5.41) is 0. The Morgan fingerprint density at radius 2 is 1.23 bits per heavy atom. The van der Waals surface area contributed by atoms with E-state index in [0.29, 0.717) is 5.78 Å². The smallest absolute Gasteiger partial charge is 0.361 e. The molecule has 1 rings (SSSR count). The summed E-state index contributed by atoms with van der Waals surface area (Å²) >= 11 is 0. The average Bonchev–Trinajstić information content (AvgIpc) is 2.49. The van der Waals surface area contributed by atoms with Crippen molar-refractivity contribution in [2.45, 2.75) is 104 Å². The second-order valence-corrected chi connectivity index (χ2v) is 6.27. The second-order valence-electron chi connectivity index (χ2n) is 6.27. The zero-order chi connectivity index (χ0) is 16.6. The average molecular weight is 310 g/mol. The third-order valence-electron chi connectivity index (χ3n) is 4.15. The van der Waals surface area contributed by atoms with E-state index in [1.165, 1.54) is 51.9 Å². The van der Waals surface area contributed by atoms with E-state index < -0.39 is 0 Å². The minimum Gasteiger partial charge on any atom is -0.537 e. The minimum absolute atomic E-state index is 0.127. The van der Waals surface area contributed by atoms with Crippen molar-refractivity contribution in [3.63, 3.8) is 0 Å². The summed E-state index contributed by atoms with van der Waals surface area (Å²) in [5.74, 6) is 0.323. The lowest BCUT2D eigenvalue weighted by Gasteiger charge is -2.06. The molecule has 1 fully saturated rings. The van der Waals surface area contributed by atoms with Crippen LogP contribution in [0.5, 0.6) is 0 Å². The maximum Gasteiger partial charge on any atom is 0.361 e. The second kappa shape index (κ2) is 15.1. The van der Waals surface area contributed by atoms with Crippen LogP contribution in [-0.4, -0.2) is 18.7 Å². The summed E-state index contributed by atoms with van der Waals surface area (Å²) in [6.45, 7) is 5.59. The van der Waals surface area contributed by atoms with Crippen molar-refractivity contribution >= 4 is 18.7 Å². The first-order valence-electron chi connectivity index (χ1n) is 9.29. The van der Waals surface area contributed by atoms with Gasteiger partial charge in [0.1, 0.15) is 5.78 Å². The highest BCUT2D eigenvalue weighted by Crippen LogP contribution is 2.14. The van der Waals surface area contributed by atoms with Gasteiger partial charge in [-0.05, 0) is 25.5 Å². The fourth-order valence-corrected chi connectivity index (χ4v) is 2.70. The maximum atomic E-state index is 11.3. The van der Waals surface area contributed by atoms with Gasteiger partial charge in [-0.25, -0.2) is 0 Å². The molecule has 1 aliphatic carbocycles. The molecule has 0 saturated heterocycles. The Labute approximate surface area is 137 Å². The molecule has 0 bridgehead atoms. The first-order valence-corrected chi connectivity index (χ1v) is 9.29. The Balaban J connectivity index is 0.000000433. The first-order chi connectivity index (χ1) is 10.6. The molecule has 0 unspecified atom stereocenters. The molecule has 0 aromatic heterocycles. The molecule has 0 amide bonds. The summed E-state index contributed by atoms with van der Waals surface area (Å²) in [4.78, 5) is 21.6. The highest BCUT2D eigenvalue weighted by molar-refractivity contribution is 6.53. The van der Waals surface area contributed by atoms with Crippen molar-refractivity contribution in [1.82, 2.24) is 0 Å². The monoisotopic (exact) mass is 310 g/mol. The van der Waals surface area contributed by atoms with Crippen molar-refractivity contribution in [3.8, 4) is 0 Å². The Morgan fingerprint density at radius 3 is 1.50 bits per heavy atom. The lowest BCUT2D eigenvalue weighted by molar-refractivity contribution is -0.132. The van der Waals surface area contributed by atoms with Gasteiger partial charge in [-0.15, -0.1) is 0 Å². The summed E-state index contributed by atoms with van der Waals surface area (Å²) in [6.07, 6.45) is 15.2. The van der Waals surface area contributed by atoms with Crippen molar-refractivity contribution in [3.05, 3.63) is 0 Å². The number of ketones is 1. The van der Waals surface area contributed by atoms with E-state index in [1.54, 1.807) is 0 Å². The minimum atomic E-state index is -0.177. The van der Waals surface area contributed by atoms with E-state index in [4.69, 9.17) is 4.65 Å². The molecule has 0 atom stereocenters. The van der Waals surface area contributed by atoms with E-state index in [9.17, 15) is 9.59 Å². The molecule has 1 saturated carbocycles. The molecule has 22 heavy (non-hydrogen) atoms. The number of Topliss-reactive ketones (excluding diaryl/α,β-unsaturated/α-hetero) is 1.